The maximum atomic E-state index is 13.2. The van der Waals surface area contributed by atoms with Crippen LogP contribution in [-0.2, 0) is 12.7 Å². The summed E-state index contributed by atoms with van der Waals surface area (Å²) < 4.78 is 56.6. The van der Waals surface area contributed by atoms with Crippen molar-refractivity contribution in [2.45, 2.75) is 26.1 Å². The van der Waals surface area contributed by atoms with E-state index in [0.29, 0.717) is 12.4 Å². The maximum absolute atomic E-state index is 13.2. The minimum Gasteiger partial charge on any atom is -0.439 e. The van der Waals surface area contributed by atoms with E-state index in [1.807, 2.05) is 6.92 Å². The van der Waals surface area contributed by atoms with Crippen molar-refractivity contribution in [1.29, 1.82) is 0 Å². The van der Waals surface area contributed by atoms with Gasteiger partial charge in [0.2, 0.25) is 5.89 Å². The monoisotopic (exact) mass is 302 g/mol. The fourth-order valence-corrected chi connectivity index (χ4v) is 1.79. The molecule has 0 aliphatic rings. The van der Waals surface area contributed by atoms with Gasteiger partial charge < -0.3 is 9.73 Å². The first-order chi connectivity index (χ1) is 9.91. The van der Waals surface area contributed by atoms with Crippen molar-refractivity contribution in [2.75, 3.05) is 6.54 Å². The molecular weight excluding hydrogens is 288 g/mol. The van der Waals surface area contributed by atoms with Gasteiger partial charge in [-0.1, -0.05) is 6.92 Å². The Kier molecular flexibility index (Phi) is 4.62. The van der Waals surface area contributed by atoms with Crippen LogP contribution in [0.15, 0.2) is 28.8 Å². The van der Waals surface area contributed by atoms with Crippen LogP contribution in [0.2, 0.25) is 0 Å². The summed E-state index contributed by atoms with van der Waals surface area (Å²) in [5, 5.41) is 3.06. The Morgan fingerprint density at radius 1 is 1.29 bits per heavy atom. The van der Waals surface area contributed by atoms with E-state index in [9.17, 15) is 17.6 Å². The normalized spacial score (nSPS) is 11.9. The molecule has 1 aromatic carbocycles. The average molecular weight is 302 g/mol. The molecule has 0 atom stereocenters. The fourth-order valence-electron chi connectivity index (χ4n) is 1.79. The molecule has 0 unspecified atom stereocenters. The molecule has 0 amide bonds. The third-order valence-corrected chi connectivity index (χ3v) is 2.81. The summed E-state index contributed by atoms with van der Waals surface area (Å²) in [5.41, 5.74) is -1.18. The number of hydrogen-bond acceptors (Lipinski definition) is 3. The molecule has 7 heteroatoms. The predicted octanol–water partition coefficient (Wildman–Crippen LogP) is 4.00. The standard InChI is InChI=1S/C14H14F4N2O/c1-2-5-19-8-13-20-7-12(21-13)9-3-4-11(15)10(6-9)14(16,17)18/h3-4,6-7,19H,2,5,8H2,1H3. The number of nitrogens with zero attached hydrogens (tertiary/aromatic N) is 1. The number of rotatable bonds is 5. The molecule has 0 radical (unpaired) electrons. The Morgan fingerprint density at radius 2 is 2.05 bits per heavy atom. The first-order valence-corrected chi connectivity index (χ1v) is 6.44. The van der Waals surface area contributed by atoms with E-state index < -0.39 is 17.6 Å². The zero-order valence-corrected chi connectivity index (χ0v) is 11.3. The lowest BCUT2D eigenvalue weighted by molar-refractivity contribution is -0.139. The maximum Gasteiger partial charge on any atom is 0.419 e. The Morgan fingerprint density at radius 3 is 2.71 bits per heavy atom. The topological polar surface area (TPSA) is 38.1 Å². The highest BCUT2D eigenvalue weighted by molar-refractivity contribution is 5.58. The molecular formula is C14H14F4N2O. The molecule has 0 spiro atoms. The summed E-state index contributed by atoms with van der Waals surface area (Å²) in [7, 11) is 0. The second-order valence-electron chi connectivity index (χ2n) is 4.49. The number of aromatic nitrogens is 1. The number of alkyl halides is 3. The van der Waals surface area contributed by atoms with Gasteiger partial charge in [-0.05, 0) is 31.2 Å². The van der Waals surface area contributed by atoms with Gasteiger partial charge in [-0.3, -0.25) is 0 Å². The summed E-state index contributed by atoms with van der Waals surface area (Å²) >= 11 is 0. The van der Waals surface area contributed by atoms with Gasteiger partial charge in [-0.25, -0.2) is 9.37 Å². The van der Waals surface area contributed by atoms with Crippen molar-refractivity contribution in [1.82, 2.24) is 10.3 Å². The van der Waals surface area contributed by atoms with Gasteiger partial charge >= 0.3 is 6.18 Å². The third kappa shape index (κ3) is 3.81. The first-order valence-electron chi connectivity index (χ1n) is 6.44. The van der Waals surface area contributed by atoms with Crippen molar-refractivity contribution in [3.8, 4) is 11.3 Å². The van der Waals surface area contributed by atoms with Crippen LogP contribution >= 0.6 is 0 Å². The number of hydrogen-bond donors (Lipinski definition) is 1. The van der Waals surface area contributed by atoms with Crippen molar-refractivity contribution in [3.63, 3.8) is 0 Å². The summed E-state index contributed by atoms with van der Waals surface area (Å²) in [6.07, 6.45) is -2.47. The molecule has 21 heavy (non-hydrogen) atoms. The predicted molar refractivity (Wildman–Crippen MR) is 68.9 cm³/mol. The summed E-state index contributed by atoms with van der Waals surface area (Å²) in [4.78, 5) is 3.97. The van der Waals surface area contributed by atoms with Gasteiger partial charge in [0.1, 0.15) is 5.82 Å². The van der Waals surface area contributed by atoms with Crippen molar-refractivity contribution >= 4 is 0 Å². The van der Waals surface area contributed by atoms with E-state index in [1.54, 1.807) is 0 Å². The van der Waals surface area contributed by atoms with Crippen LogP contribution in [0.4, 0.5) is 17.6 Å². The van der Waals surface area contributed by atoms with E-state index in [1.165, 1.54) is 12.3 Å². The van der Waals surface area contributed by atoms with Crippen LogP contribution < -0.4 is 5.32 Å². The van der Waals surface area contributed by atoms with E-state index in [4.69, 9.17) is 4.42 Å². The van der Waals surface area contributed by atoms with Crippen LogP contribution in [0.1, 0.15) is 24.8 Å². The molecule has 0 saturated heterocycles. The van der Waals surface area contributed by atoms with E-state index >= 15 is 0 Å². The summed E-state index contributed by atoms with van der Waals surface area (Å²) in [6.45, 7) is 3.18. The SMILES string of the molecule is CCCNCc1ncc(-c2ccc(F)c(C(F)(F)F)c2)o1. The Bertz CT molecular complexity index is 607. The molecule has 0 aliphatic heterocycles. The molecule has 0 saturated carbocycles. The number of halogens is 4. The Balaban J connectivity index is 2.22. The lowest BCUT2D eigenvalue weighted by atomic mass is 10.1. The Labute approximate surface area is 119 Å². The molecule has 0 fully saturated rings. The molecule has 1 heterocycles. The Hall–Kier alpha value is -1.89. The van der Waals surface area contributed by atoms with E-state index in [2.05, 4.69) is 10.3 Å². The largest absolute Gasteiger partial charge is 0.439 e. The van der Waals surface area contributed by atoms with Crippen LogP contribution in [0.5, 0.6) is 0 Å². The zero-order valence-electron chi connectivity index (χ0n) is 11.3. The molecule has 0 bridgehead atoms. The van der Waals surface area contributed by atoms with Crippen LogP contribution in [0.3, 0.4) is 0 Å². The molecule has 2 aromatic rings. The number of nitrogens with one attached hydrogen (secondary N) is 1. The molecule has 2 rings (SSSR count). The molecule has 0 aliphatic carbocycles. The number of oxazole rings is 1. The van der Waals surface area contributed by atoms with E-state index in [0.717, 1.165) is 25.1 Å². The van der Waals surface area contributed by atoms with Gasteiger partial charge in [0, 0.05) is 5.56 Å². The lowest BCUT2D eigenvalue weighted by Crippen LogP contribution is -2.13. The molecule has 1 N–H and O–H groups in total. The van der Waals surface area contributed by atoms with Crippen LogP contribution in [-0.4, -0.2) is 11.5 Å². The third-order valence-electron chi connectivity index (χ3n) is 2.81. The van der Waals surface area contributed by atoms with Gasteiger partial charge in [0.25, 0.3) is 0 Å². The highest BCUT2D eigenvalue weighted by atomic mass is 19.4. The van der Waals surface area contributed by atoms with Crippen LogP contribution in [0.25, 0.3) is 11.3 Å². The number of benzene rings is 1. The quantitative estimate of drug-likeness (QED) is 0.670. The van der Waals surface area contributed by atoms with Gasteiger partial charge in [-0.15, -0.1) is 0 Å². The van der Waals surface area contributed by atoms with Crippen LogP contribution in [0, 0.1) is 5.82 Å². The van der Waals surface area contributed by atoms with Gasteiger partial charge in [-0.2, -0.15) is 13.2 Å². The smallest absolute Gasteiger partial charge is 0.419 e. The van der Waals surface area contributed by atoms with Gasteiger partial charge in [0.05, 0.1) is 18.3 Å². The second kappa shape index (κ2) is 6.26. The zero-order chi connectivity index (χ0) is 15.5. The van der Waals surface area contributed by atoms with Crippen molar-refractivity contribution in [3.05, 3.63) is 41.7 Å². The average Bonchev–Trinajstić information content (AvgIpc) is 2.87. The summed E-state index contributed by atoms with van der Waals surface area (Å²) in [6, 6.07) is 2.73. The lowest BCUT2D eigenvalue weighted by Gasteiger charge is -2.08. The van der Waals surface area contributed by atoms with E-state index in [-0.39, 0.29) is 11.3 Å². The highest BCUT2D eigenvalue weighted by Gasteiger charge is 2.34. The first kappa shape index (κ1) is 15.5. The minimum absolute atomic E-state index is 0.137. The van der Waals surface area contributed by atoms with Crippen molar-refractivity contribution in [2.24, 2.45) is 0 Å². The highest BCUT2D eigenvalue weighted by Crippen LogP contribution is 2.34. The molecule has 114 valence electrons. The minimum atomic E-state index is -4.74. The molecule has 1 aromatic heterocycles. The fraction of sp³-hybridized carbons (Fsp3) is 0.357. The van der Waals surface area contributed by atoms with Crippen molar-refractivity contribution < 1.29 is 22.0 Å². The molecule has 3 nitrogen and oxygen atoms in total. The second-order valence-corrected chi connectivity index (χ2v) is 4.49. The summed E-state index contributed by atoms with van der Waals surface area (Å²) in [5.74, 6) is -0.763. The van der Waals surface area contributed by atoms with Gasteiger partial charge in [0.15, 0.2) is 5.76 Å².